The van der Waals surface area contributed by atoms with Crippen LogP contribution in [0.2, 0.25) is 5.02 Å². The molecule has 1 saturated heterocycles. The lowest BCUT2D eigenvalue weighted by Gasteiger charge is -2.32. The first-order valence-corrected chi connectivity index (χ1v) is 14.4. The van der Waals surface area contributed by atoms with Crippen molar-refractivity contribution in [3.05, 3.63) is 89.4 Å². The molecule has 0 aliphatic carbocycles. The van der Waals surface area contributed by atoms with Gasteiger partial charge >= 0.3 is 12.0 Å². The first kappa shape index (κ1) is 28.0. The van der Waals surface area contributed by atoms with Gasteiger partial charge in [-0.3, -0.25) is 9.69 Å². The van der Waals surface area contributed by atoms with E-state index >= 15 is 0 Å². The Morgan fingerprint density at radius 2 is 1.66 bits per heavy atom. The molecule has 1 fully saturated rings. The highest BCUT2D eigenvalue weighted by molar-refractivity contribution is 8.00. The number of benzene rings is 3. The second-order valence-electron chi connectivity index (χ2n) is 9.59. The van der Waals surface area contributed by atoms with E-state index < -0.39 is 5.97 Å². The molecule has 0 radical (unpaired) electrons. The lowest BCUT2D eigenvalue weighted by atomic mass is 9.90. The summed E-state index contributed by atoms with van der Waals surface area (Å²) in [6.45, 7) is 3.73. The van der Waals surface area contributed by atoms with E-state index in [-0.39, 0.29) is 11.8 Å². The highest BCUT2D eigenvalue weighted by Gasteiger charge is 2.21. The lowest BCUT2D eigenvalue weighted by Crippen LogP contribution is -2.39. The number of thioether (sulfide) groups is 1. The van der Waals surface area contributed by atoms with Crippen molar-refractivity contribution in [2.45, 2.75) is 30.6 Å². The van der Waals surface area contributed by atoms with Gasteiger partial charge in [0.25, 0.3) is 0 Å². The van der Waals surface area contributed by atoms with E-state index in [0.29, 0.717) is 17.5 Å². The number of anilines is 2. The highest BCUT2D eigenvalue weighted by atomic mass is 35.5. The van der Waals surface area contributed by atoms with Crippen molar-refractivity contribution in [2.75, 3.05) is 42.1 Å². The van der Waals surface area contributed by atoms with Crippen molar-refractivity contribution >= 4 is 46.7 Å². The Bertz CT molecular complexity index is 1170. The van der Waals surface area contributed by atoms with Gasteiger partial charge in [0.1, 0.15) is 0 Å². The monoisotopic (exact) mass is 551 g/mol. The number of piperidine rings is 1. The molecule has 1 aliphatic heterocycles. The molecule has 4 rings (SSSR count). The summed E-state index contributed by atoms with van der Waals surface area (Å²) in [6, 6.07) is 25.1. The Kier molecular flexibility index (Phi) is 10.5. The Morgan fingerprint density at radius 1 is 0.974 bits per heavy atom. The zero-order valence-corrected chi connectivity index (χ0v) is 23.0. The number of likely N-dealkylation sites (tertiary alicyclic amines) is 1. The topological polar surface area (TPSA) is 72.9 Å². The Hall–Kier alpha value is -3.00. The maximum atomic E-state index is 13.1. The van der Waals surface area contributed by atoms with Crippen LogP contribution in [-0.2, 0) is 11.2 Å². The maximum absolute atomic E-state index is 13.1. The van der Waals surface area contributed by atoms with Gasteiger partial charge in [0, 0.05) is 27.8 Å². The molecule has 38 heavy (non-hydrogen) atoms. The molecule has 1 aliphatic rings. The van der Waals surface area contributed by atoms with Gasteiger partial charge in [0.05, 0.1) is 5.75 Å². The number of carboxylic acids is 1. The van der Waals surface area contributed by atoms with Crippen LogP contribution in [0, 0.1) is 5.92 Å². The van der Waals surface area contributed by atoms with E-state index in [9.17, 15) is 9.59 Å². The fourth-order valence-electron chi connectivity index (χ4n) is 4.75. The molecule has 2 amide bonds. The fourth-order valence-corrected chi connectivity index (χ4v) is 5.49. The highest BCUT2D eigenvalue weighted by Crippen LogP contribution is 2.25. The Morgan fingerprint density at radius 3 is 2.32 bits per heavy atom. The summed E-state index contributed by atoms with van der Waals surface area (Å²) in [7, 11) is 0. The van der Waals surface area contributed by atoms with E-state index in [1.807, 2.05) is 42.5 Å². The number of carbonyl (C=O) groups is 2. The first-order valence-electron chi connectivity index (χ1n) is 13.0. The molecule has 0 unspecified atom stereocenters. The van der Waals surface area contributed by atoms with Crippen LogP contribution >= 0.6 is 23.4 Å². The summed E-state index contributed by atoms with van der Waals surface area (Å²) >= 11 is 7.33. The first-order chi connectivity index (χ1) is 18.5. The fraction of sp³-hybridized carbons (Fsp3) is 0.333. The largest absolute Gasteiger partial charge is 0.481 e. The minimum absolute atomic E-state index is 0.0912. The van der Waals surface area contributed by atoms with Gasteiger partial charge in [-0.1, -0.05) is 41.9 Å². The second kappa shape index (κ2) is 14.2. The number of nitrogens with one attached hydrogen (secondary N) is 1. The van der Waals surface area contributed by atoms with Gasteiger partial charge in [-0.05, 0) is 105 Å². The predicted octanol–water partition coefficient (Wildman–Crippen LogP) is 6.90. The smallest absolute Gasteiger partial charge is 0.326 e. The Labute approximate surface area is 234 Å². The van der Waals surface area contributed by atoms with Crippen molar-refractivity contribution in [1.82, 2.24) is 4.90 Å². The van der Waals surface area contributed by atoms with Crippen molar-refractivity contribution in [3.8, 4) is 0 Å². The summed E-state index contributed by atoms with van der Waals surface area (Å²) in [5.41, 5.74) is 2.91. The van der Waals surface area contributed by atoms with E-state index in [0.717, 1.165) is 61.6 Å². The van der Waals surface area contributed by atoms with Crippen LogP contribution < -0.4 is 10.2 Å². The lowest BCUT2D eigenvalue weighted by molar-refractivity contribution is -0.133. The average molecular weight is 552 g/mol. The van der Waals surface area contributed by atoms with Gasteiger partial charge in [-0.2, -0.15) is 0 Å². The quantitative estimate of drug-likeness (QED) is 0.254. The molecule has 1 heterocycles. The molecule has 200 valence electrons. The van der Waals surface area contributed by atoms with Gasteiger partial charge in [-0.15, -0.1) is 11.8 Å². The van der Waals surface area contributed by atoms with Crippen molar-refractivity contribution in [1.29, 1.82) is 0 Å². The third kappa shape index (κ3) is 8.79. The number of amides is 2. The molecule has 3 aromatic rings. The van der Waals surface area contributed by atoms with Crippen molar-refractivity contribution in [2.24, 2.45) is 5.92 Å². The predicted molar refractivity (Wildman–Crippen MR) is 157 cm³/mol. The number of carbonyl (C=O) groups excluding carboxylic acids is 1. The number of hydrogen-bond donors (Lipinski definition) is 2. The molecular formula is C30H34ClN3O3S. The maximum Gasteiger partial charge on any atom is 0.326 e. The number of rotatable bonds is 11. The summed E-state index contributed by atoms with van der Waals surface area (Å²) < 4.78 is 0. The number of carboxylic acid groups (broad SMARTS) is 1. The Balaban J connectivity index is 1.23. The van der Waals surface area contributed by atoms with Gasteiger partial charge < -0.3 is 15.3 Å². The molecule has 0 aromatic heterocycles. The molecular weight excluding hydrogens is 518 g/mol. The SMILES string of the molecule is O=C(O)CSc1ccc(CC2CCN(CCCN(C(=O)Nc3ccc(Cl)cc3)c3ccccc3)CC2)cc1. The van der Waals surface area contributed by atoms with Crippen LogP contribution in [0.1, 0.15) is 24.8 Å². The molecule has 2 N–H and O–H groups in total. The number of para-hydroxylation sites is 1. The van der Waals surface area contributed by atoms with Crippen LogP contribution in [0.4, 0.5) is 16.2 Å². The summed E-state index contributed by atoms with van der Waals surface area (Å²) in [5.74, 6) is -0.0388. The van der Waals surface area contributed by atoms with Gasteiger partial charge in [0.2, 0.25) is 0 Å². The molecule has 0 atom stereocenters. The van der Waals surface area contributed by atoms with Crippen LogP contribution in [-0.4, -0.2) is 53.9 Å². The minimum Gasteiger partial charge on any atom is -0.481 e. The molecule has 6 nitrogen and oxygen atoms in total. The number of hydrogen-bond acceptors (Lipinski definition) is 4. The van der Waals surface area contributed by atoms with Crippen molar-refractivity contribution < 1.29 is 14.7 Å². The zero-order chi connectivity index (χ0) is 26.7. The number of aliphatic carboxylic acids is 1. The van der Waals surface area contributed by atoms with E-state index in [2.05, 4.69) is 22.3 Å². The van der Waals surface area contributed by atoms with Gasteiger partial charge in [0.15, 0.2) is 0 Å². The van der Waals surface area contributed by atoms with E-state index in [1.54, 1.807) is 29.2 Å². The average Bonchev–Trinajstić information content (AvgIpc) is 2.93. The molecule has 0 saturated carbocycles. The molecule has 0 bridgehead atoms. The normalized spacial score (nSPS) is 14.2. The minimum atomic E-state index is -0.792. The van der Waals surface area contributed by atoms with Gasteiger partial charge in [-0.25, -0.2) is 4.79 Å². The van der Waals surface area contributed by atoms with Crippen LogP contribution in [0.3, 0.4) is 0 Å². The standard InChI is InChI=1S/C30H34ClN3O3S/c31-25-9-11-26(12-10-25)32-30(37)34(27-5-2-1-3-6-27)18-4-17-33-19-15-24(16-20-33)21-23-7-13-28(14-8-23)38-22-29(35)36/h1-3,5-14,24H,4,15-22H2,(H,32,37)(H,35,36). The zero-order valence-electron chi connectivity index (χ0n) is 21.4. The summed E-state index contributed by atoms with van der Waals surface area (Å²) in [5, 5.41) is 12.5. The number of nitrogens with zero attached hydrogens (tertiary/aromatic N) is 2. The second-order valence-corrected chi connectivity index (χ2v) is 11.1. The molecule has 3 aromatic carbocycles. The van der Waals surface area contributed by atoms with Crippen LogP contribution in [0.5, 0.6) is 0 Å². The molecule has 0 spiro atoms. The third-order valence-corrected chi connectivity index (χ3v) is 8.03. The summed E-state index contributed by atoms with van der Waals surface area (Å²) in [6.07, 6.45) is 4.28. The number of urea groups is 1. The third-order valence-electron chi connectivity index (χ3n) is 6.78. The van der Waals surface area contributed by atoms with Crippen LogP contribution in [0.25, 0.3) is 0 Å². The van der Waals surface area contributed by atoms with Crippen LogP contribution in [0.15, 0.2) is 83.8 Å². The molecule has 8 heteroatoms. The van der Waals surface area contributed by atoms with E-state index in [4.69, 9.17) is 16.7 Å². The number of halogens is 1. The van der Waals surface area contributed by atoms with Crippen molar-refractivity contribution in [3.63, 3.8) is 0 Å². The summed E-state index contributed by atoms with van der Waals surface area (Å²) in [4.78, 5) is 29.2. The van der Waals surface area contributed by atoms with E-state index in [1.165, 1.54) is 17.3 Å².